The Hall–Kier alpha value is -1.92. The van der Waals surface area contributed by atoms with Crippen LogP contribution in [0.2, 0.25) is 0 Å². The van der Waals surface area contributed by atoms with Crippen molar-refractivity contribution >= 4 is 11.9 Å². The maximum absolute atomic E-state index is 12.5. The molecule has 0 aromatic carbocycles. The summed E-state index contributed by atoms with van der Waals surface area (Å²) in [7, 11) is 0. The van der Waals surface area contributed by atoms with Gasteiger partial charge in [0.2, 0.25) is 5.91 Å². The standard InChI is InChI=1S/C60H113NO5/c1-3-5-7-9-11-13-15-17-19-20-21-22-26-30-34-38-42-46-50-54-60(65)66-55-51-47-43-39-35-31-27-23-25-29-33-37-41-45-49-53-59(64)61-57(56-62)58(63)52-48-44-40-36-32-28-24-18-16-14-12-10-8-6-4-2/h11,13,17,19,27,31,57-58,62-63H,3-10,12,14-16,18,20-26,28-30,32-56H2,1-2H3,(H,61,64)/b13-11-,19-17-,31-27-. The van der Waals surface area contributed by atoms with Crippen LogP contribution in [0.1, 0.15) is 309 Å². The largest absolute Gasteiger partial charge is 0.466 e. The van der Waals surface area contributed by atoms with Crippen LogP contribution >= 0.6 is 0 Å². The lowest BCUT2D eigenvalue weighted by molar-refractivity contribution is -0.143. The van der Waals surface area contributed by atoms with E-state index in [0.29, 0.717) is 25.9 Å². The van der Waals surface area contributed by atoms with Crippen molar-refractivity contribution in [1.29, 1.82) is 0 Å². The molecule has 2 unspecified atom stereocenters. The van der Waals surface area contributed by atoms with Crippen LogP contribution in [-0.4, -0.2) is 47.4 Å². The fraction of sp³-hybridized carbons (Fsp3) is 0.867. The van der Waals surface area contributed by atoms with Crippen LogP contribution in [-0.2, 0) is 14.3 Å². The minimum atomic E-state index is -0.675. The minimum absolute atomic E-state index is 0.0138. The van der Waals surface area contributed by atoms with Crippen molar-refractivity contribution in [3.8, 4) is 0 Å². The molecular formula is C60H113NO5. The molecule has 66 heavy (non-hydrogen) atoms. The molecule has 0 saturated carbocycles. The molecule has 0 aromatic heterocycles. The molecule has 0 aliphatic rings. The second-order valence-corrected chi connectivity index (χ2v) is 20.0. The van der Waals surface area contributed by atoms with E-state index in [1.807, 2.05) is 0 Å². The smallest absolute Gasteiger partial charge is 0.305 e. The Kier molecular flexibility index (Phi) is 54.1. The summed E-state index contributed by atoms with van der Waals surface area (Å²) in [5.41, 5.74) is 0. The van der Waals surface area contributed by atoms with Crippen LogP contribution in [0.3, 0.4) is 0 Å². The number of hydrogen-bond acceptors (Lipinski definition) is 5. The van der Waals surface area contributed by atoms with Gasteiger partial charge in [-0.3, -0.25) is 9.59 Å². The molecule has 0 aliphatic heterocycles. The number of allylic oxidation sites excluding steroid dienone is 6. The van der Waals surface area contributed by atoms with Gasteiger partial charge in [-0.15, -0.1) is 0 Å². The average molecular weight is 929 g/mol. The number of carbonyl (C=O) groups is 2. The van der Waals surface area contributed by atoms with Crippen molar-refractivity contribution in [2.45, 2.75) is 321 Å². The molecule has 0 aromatic rings. The van der Waals surface area contributed by atoms with E-state index in [1.54, 1.807) is 0 Å². The number of unbranched alkanes of at least 4 members (excludes halogenated alkanes) is 37. The van der Waals surface area contributed by atoms with E-state index < -0.39 is 12.1 Å². The number of aliphatic hydroxyl groups excluding tert-OH is 2. The van der Waals surface area contributed by atoms with E-state index in [2.05, 4.69) is 55.6 Å². The van der Waals surface area contributed by atoms with Gasteiger partial charge in [0.15, 0.2) is 0 Å². The SMILES string of the molecule is CCCCC/C=C\C/C=C\CCCCCCCCCCCC(=O)OCCCCCC/C=C\CCCCCCCCCC(=O)NC(CO)C(O)CCCCCCCCCCCCCCCCC. The molecule has 0 rings (SSSR count). The summed E-state index contributed by atoms with van der Waals surface area (Å²) in [6, 6.07) is -0.553. The Morgan fingerprint density at radius 2 is 0.758 bits per heavy atom. The number of carbonyl (C=O) groups excluding carboxylic acids is 2. The second kappa shape index (κ2) is 55.7. The van der Waals surface area contributed by atoms with Crippen molar-refractivity contribution < 1.29 is 24.5 Å². The van der Waals surface area contributed by atoms with Crippen molar-refractivity contribution in [1.82, 2.24) is 5.32 Å². The molecule has 0 aliphatic carbocycles. The molecule has 2 atom stereocenters. The molecule has 0 bridgehead atoms. The maximum Gasteiger partial charge on any atom is 0.305 e. The minimum Gasteiger partial charge on any atom is -0.466 e. The Morgan fingerprint density at radius 1 is 0.424 bits per heavy atom. The van der Waals surface area contributed by atoms with Gasteiger partial charge < -0.3 is 20.3 Å². The van der Waals surface area contributed by atoms with Crippen LogP contribution < -0.4 is 5.32 Å². The Morgan fingerprint density at radius 3 is 1.20 bits per heavy atom. The first-order valence-corrected chi connectivity index (χ1v) is 29.2. The van der Waals surface area contributed by atoms with Crippen molar-refractivity contribution in [3.05, 3.63) is 36.5 Å². The molecule has 388 valence electrons. The predicted molar refractivity (Wildman–Crippen MR) is 287 cm³/mol. The van der Waals surface area contributed by atoms with E-state index in [9.17, 15) is 19.8 Å². The van der Waals surface area contributed by atoms with Gasteiger partial charge in [0.05, 0.1) is 25.4 Å². The Balaban J connectivity index is 3.46. The van der Waals surface area contributed by atoms with Crippen LogP contribution in [0.15, 0.2) is 36.5 Å². The third-order valence-electron chi connectivity index (χ3n) is 13.4. The van der Waals surface area contributed by atoms with E-state index >= 15 is 0 Å². The van der Waals surface area contributed by atoms with Gasteiger partial charge in [-0.1, -0.05) is 249 Å². The molecule has 0 radical (unpaired) electrons. The summed E-state index contributed by atoms with van der Waals surface area (Å²) >= 11 is 0. The lowest BCUT2D eigenvalue weighted by atomic mass is 10.0. The molecule has 6 heteroatoms. The summed E-state index contributed by atoms with van der Waals surface area (Å²) < 4.78 is 5.47. The number of rotatable bonds is 54. The van der Waals surface area contributed by atoms with E-state index in [-0.39, 0.29) is 18.5 Å². The number of nitrogens with one attached hydrogen (secondary N) is 1. The zero-order chi connectivity index (χ0) is 47.9. The van der Waals surface area contributed by atoms with Gasteiger partial charge >= 0.3 is 5.97 Å². The molecule has 0 heterocycles. The number of esters is 1. The van der Waals surface area contributed by atoms with Gasteiger partial charge in [0, 0.05) is 12.8 Å². The number of hydrogen-bond donors (Lipinski definition) is 3. The molecular weight excluding hydrogens is 815 g/mol. The zero-order valence-corrected chi connectivity index (χ0v) is 44.2. The summed E-state index contributed by atoms with van der Waals surface area (Å²) in [5, 5.41) is 23.3. The topological polar surface area (TPSA) is 95.9 Å². The molecule has 0 saturated heterocycles. The van der Waals surface area contributed by atoms with Crippen molar-refractivity contribution in [2.75, 3.05) is 13.2 Å². The second-order valence-electron chi connectivity index (χ2n) is 20.0. The highest BCUT2D eigenvalue weighted by atomic mass is 16.5. The van der Waals surface area contributed by atoms with Crippen LogP contribution in [0.5, 0.6) is 0 Å². The number of aliphatic hydroxyl groups is 2. The predicted octanol–water partition coefficient (Wildman–Crippen LogP) is 18.0. The fourth-order valence-corrected chi connectivity index (χ4v) is 8.90. The lowest BCUT2D eigenvalue weighted by Crippen LogP contribution is -2.45. The van der Waals surface area contributed by atoms with E-state index in [1.165, 1.54) is 199 Å². The Labute approximate surface area is 411 Å². The zero-order valence-electron chi connectivity index (χ0n) is 44.2. The third-order valence-corrected chi connectivity index (χ3v) is 13.4. The third kappa shape index (κ3) is 51.5. The van der Waals surface area contributed by atoms with E-state index in [0.717, 1.165) is 77.0 Å². The highest BCUT2D eigenvalue weighted by Crippen LogP contribution is 2.17. The van der Waals surface area contributed by atoms with Gasteiger partial charge in [0.1, 0.15) is 0 Å². The van der Waals surface area contributed by atoms with Gasteiger partial charge in [-0.2, -0.15) is 0 Å². The first-order chi connectivity index (χ1) is 32.5. The summed E-state index contributed by atoms with van der Waals surface area (Å²) in [6.45, 7) is 4.90. The van der Waals surface area contributed by atoms with E-state index in [4.69, 9.17) is 4.74 Å². The molecule has 0 spiro atoms. The maximum atomic E-state index is 12.5. The quantitative estimate of drug-likeness (QED) is 0.0321. The number of amides is 1. The fourth-order valence-electron chi connectivity index (χ4n) is 8.90. The molecule has 6 nitrogen and oxygen atoms in total. The van der Waals surface area contributed by atoms with Gasteiger partial charge in [-0.25, -0.2) is 0 Å². The lowest BCUT2D eigenvalue weighted by Gasteiger charge is -2.22. The van der Waals surface area contributed by atoms with Gasteiger partial charge in [0.25, 0.3) is 0 Å². The summed E-state index contributed by atoms with van der Waals surface area (Å²) in [4.78, 5) is 24.6. The van der Waals surface area contributed by atoms with Crippen molar-refractivity contribution in [3.63, 3.8) is 0 Å². The highest BCUT2D eigenvalue weighted by molar-refractivity contribution is 5.76. The molecule has 0 fully saturated rings. The molecule has 1 amide bonds. The normalized spacial score (nSPS) is 12.8. The van der Waals surface area contributed by atoms with Crippen LogP contribution in [0, 0.1) is 0 Å². The van der Waals surface area contributed by atoms with Crippen molar-refractivity contribution in [2.24, 2.45) is 0 Å². The number of ether oxygens (including phenoxy) is 1. The average Bonchev–Trinajstić information content (AvgIpc) is 3.32. The molecule has 3 N–H and O–H groups in total. The summed E-state index contributed by atoms with van der Waals surface area (Å²) in [6.07, 6.45) is 68.4. The van der Waals surface area contributed by atoms with Crippen LogP contribution in [0.25, 0.3) is 0 Å². The highest BCUT2D eigenvalue weighted by Gasteiger charge is 2.20. The Bertz CT molecular complexity index is 1070. The van der Waals surface area contributed by atoms with Gasteiger partial charge in [-0.05, 0) is 83.5 Å². The first-order valence-electron chi connectivity index (χ1n) is 29.2. The monoisotopic (exact) mass is 928 g/mol. The van der Waals surface area contributed by atoms with Crippen LogP contribution in [0.4, 0.5) is 0 Å². The first kappa shape index (κ1) is 64.1. The summed E-state index contributed by atoms with van der Waals surface area (Å²) in [5.74, 6) is -0.0634.